The predicted molar refractivity (Wildman–Crippen MR) is 78.5 cm³/mol. The van der Waals surface area contributed by atoms with Gasteiger partial charge in [0.1, 0.15) is 6.54 Å². The molecule has 2 aromatic carbocycles. The average molecular weight is 267 g/mol. The summed E-state index contributed by atoms with van der Waals surface area (Å²) in [5, 5.41) is 3.02. The summed E-state index contributed by atoms with van der Waals surface area (Å²) in [6, 6.07) is 18.0. The summed E-state index contributed by atoms with van der Waals surface area (Å²) in [5.41, 5.74) is 3.58. The number of fused-ring (bicyclic) bond motifs is 1. The molecule has 2 aromatic rings. The first-order chi connectivity index (χ1) is 9.83. The van der Waals surface area contributed by atoms with Crippen LogP contribution in [0.25, 0.3) is 0 Å². The molecule has 0 saturated heterocycles. The van der Waals surface area contributed by atoms with Gasteiger partial charge in [-0.25, -0.2) is 0 Å². The van der Waals surface area contributed by atoms with Gasteiger partial charge in [0, 0.05) is 17.5 Å². The van der Waals surface area contributed by atoms with Gasteiger partial charge in [0.15, 0.2) is 6.67 Å². The number of nitrogens with one attached hydrogen (secondary N) is 2. The molecule has 3 heteroatoms. The lowest BCUT2D eigenvalue weighted by Gasteiger charge is -2.25. The fraction of sp³-hybridized carbons (Fsp3) is 0.235. The van der Waals surface area contributed by atoms with E-state index >= 15 is 0 Å². The largest absolute Gasteiger partial charge is 0.314 e. The molecule has 0 aliphatic carbocycles. The maximum atomic E-state index is 12.0. The van der Waals surface area contributed by atoms with Crippen molar-refractivity contribution in [3.63, 3.8) is 0 Å². The number of benzene rings is 2. The van der Waals surface area contributed by atoms with E-state index in [4.69, 9.17) is 0 Å². The molecule has 0 fully saturated rings. The van der Waals surface area contributed by atoms with Crippen molar-refractivity contribution < 1.29 is 9.69 Å². The van der Waals surface area contributed by atoms with E-state index in [1.165, 1.54) is 16.0 Å². The molecule has 3 rings (SSSR count). The summed E-state index contributed by atoms with van der Waals surface area (Å²) in [5.74, 6) is 0.0111. The summed E-state index contributed by atoms with van der Waals surface area (Å²) in [4.78, 5) is 13.4. The van der Waals surface area contributed by atoms with Crippen molar-refractivity contribution in [2.75, 3.05) is 13.2 Å². The summed E-state index contributed by atoms with van der Waals surface area (Å²) in [6.45, 7) is 2.75. The molecule has 1 amide bonds. The maximum Gasteiger partial charge on any atom is 0.255 e. The van der Waals surface area contributed by atoms with Crippen LogP contribution in [0.1, 0.15) is 21.5 Å². The van der Waals surface area contributed by atoms with E-state index in [9.17, 15) is 4.79 Å². The molecule has 3 nitrogen and oxygen atoms in total. The van der Waals surface area contributed by atoms with Crippen molar-refractivity contribution in [1.29, 1.82) is 0 Å². The van der Waals surface area contributed by atoms with Crippen LogP contribution in [0.5, 0.6) is 0 Å². The van der Waals surface area contributed by atoms with Crippen LogP contribution in [0.4, 0.5) is 0 Å². The Hall–Kier alpha value is -2.13. The third-order valence-corrected chi connectivity index (χ3v) is 3.84. The molecule has 1 unspecified atom stereocenters. The van der Waals surface area contributed by atoms with Crippen LogP contribution in [0, 0.1) is 0 Å². The van der Waals surface area contributed by atoms with Crippen molar-refractivity contribution in [2.24, 2.45) is 0 Å². The number of hydrogen-bond donors (Lipinski definition) is 2. The number of carbonyl (C=O) groups is 1. The highest BCUT2D eigenvalue weighted by atomic mass is 16.1. The lowest BCUT2D eigenvalue weighted by Crippen LogP contribution is -3.13. The fourth-order valence-electron chi connectivity index (χ4n) is 2.69. The van der Waals surface area contributed by atoms with Gasteiger partial charge >= 0.3 is 0 Å². The minimum absolute atomic E-state index is 0.0111. The third-order valence-electron chi connectivity index (χ3n) is 3.84. The standard InChI is InChI=1S/C17H18N2O/c20-17(15-7-2-1-3-8-15)18-13-19-11-10-14-6-4-5-9-16(14)12-19/h1-9H,10-13H2,(H,18,20)/p+1. The van der Waals surface area contributed by atoms with Gasteiger partial charge in [0.2, 0.25) is 0 Å². The number of amides is 1. The lowest BCUT2D eigenvalue weighted by molar-refractivity contribution is -0.917. The monoisotopic (exact) mass is 267 g/mol. The molecule has 1 aliphatic heterocycles. The average Bonchev–Trinajstić information content (AvgIpc) is 2.53. The van der Waals surface area contributed by atoms with Gasteiger partial charge in [-0.05, 0) is 17.7 Å². The second kappa shape index (κ2) is 5.88. The Kier molecular flexibility index (Phi) is 3.79. The van der Waals surface area contributed by atoms with Gasteiger partial charge < -0.3 is 10.2 Å². The van der Waals surface area contributed by atoms with Gasteiger partial charge in [0.25, 0.3) is 5.91 Å². The molecule has 0 spiro atoms. The maximum absolute atomic E-state index is 12.0. The van der Waals surface area contributed by atoms with Crippen molar-refractivity contribution in [3.05, 3.63) is 71.3 Å². The Balaban J connectivity index is 1.57. The normalized spacial score (nSPS) is 17.3. The van der Waals surface area contributed by atoms with Crippen molar-refractivity contribution >= 4 is 5.91 Å². The smallest absolute Gasteiger partial charge is 0.255 e. The Morgan fingerprint density at radius 1 is 1.00 bits per heavy atom. The van der Waals surface area contributed by atoms with E-state index in [-0.39, 0.29) is 5.91 Å². The van der Waals surface area contributed by atoms with Crippen molar-refractivity contribution in [2.45, 2.75) is 13.0 Å². The van der Waals surface area contributed by atoms with Gasteiger partial charge in [-0.2, -0.15) is 0 Å². The third kappa shape index (κ3) is 2.89. The lowest BCUT2D eigenvalue weighted by atomic mass is 10.0. The first-order valence-corrected chi connectivity index (χ1v) is 7.06. The van der Waals surface area contributed by atoms with E-state index in [1.54, 1.807) is 0 Å². The molecule has 1 atom stereocenters. The summed E-state index contributed by atoms with van der Waals surface area (Å²) >= 11 is 0. The quantitative estimate of drug-likeness (QED) is 0.855. The van der Waals surface area contributed by atoms with Gasteiger partial charge in [-0.1, -0.05) is 42.5 Å². The topological polar surface area (TPSA) is 33.5 Å². The molecule has 20 heavy (non-hydrogen) atoms. The molecule has 2 N–H and O–H groups in total. The zero-order valence-electron chi connectivity index (χ0n) is 11.4. The minimum Gasteiger partial charge on any atom is -0.314 e. The molecule has 0 bridgehead atoms. The number of carbonyl (C=O) groups excluding carboxylic acids is 1. The van der Waals surface area contributed by atoms with Gasteiger partial charge in [-0.3, -0.25) is 4.79 Å². The zero-order valence-corrected chi connectivity index (χ0v) is 11.4. The highest BCUT2D eigenvalue weighted by Crippen LogP contribution is 2.10. The number of quaternary nitrogens is 1. The predicted octanol–water partition coefficient (Wildman–Crippen LogP) is 1.02. The second-order valence-electron chi connectivity index (χ2n) is 5.24. The minimum atomic E-state index is 0.0111. The molecule has 0 saturated carbocycles. The van der Waals surface area contributed by atoms with E-state index in [0.717, 1.165) is 25.1 Å². The molecular formula is C17H19N2O+. The fourth-order valence-corrected chi connectivity index (χ4v) is 2.69. The van der Waals surface area contributed by atoms with Crippen LogP contribution in [-0.2, 0) is 13.0 Å². The van der Waals surface area contributed by atoms with Crippen LogP contribution in [0.3, 0.4) is 0 Å². The van der Waals surface area contributed by atoms with Crippen LogP contribution in [-0.4, -0.2) is 19.1 Å². The van der Waals surface area contributed by atoms with E-state index < -0.39 is 0 Å². The first-order valence-electron chi connectivity index (χ1n) is 7.06. The van der Waals surface area contributed by atoms with Crippen molar-refractivity contribution in [1.82, 2.24) is 5.32 Å². The summed E-state index contributed by atoms with van der Waals surface area (Å²) in [7, 11) is 0. The van der Waals surface area contributed by atoms with Crippen LogP contribution >= 0.6 is 0 Å². The van der Waals surface area contributed by atoms with E-state index in [1.807, 2.05) is 30.3 Å². The first kappa shape index (κ1) is 12.9. The Morgan fingerprint density at radius 3 is 2.50 bits per heavy atom. The summed E-state index contributed by atoms with van der Waals surface area (Å²) < 4.78 is 0. The van der Waals surface area contributed by atoms with Gasteiger partial charge in [-0.15, -0.1) is 0 Å². The van der Waals surface area contributed by atoms with Crippen LogP contribution in [0.15, 0.2) is 54.6 Å². The molecule has 102 valence electrons. The second-order valence-corrected chi connectivity index (χ2v) is 5.24. The number of hydrogen-bond acceptors (Lipinski definition) is 1. The van der Waals surface area contributed by atoms with E-state index in [2.05, 4.69) is 29.6 Å². The SMILES string of the molecule is O=C(NC[NH+]1CCc2ccccc2C1)c1ccccc1. The van der Waals surface area contributed by atoms with Crippen LogP contribution < -0.4 is 10.2 Å². The highest BCUT2D eigenvalue weighted by molar-refractivity contribution is 5.93. The Labute approximate surface area is 119 Å². The Bertz CT molecular complexity index is 595. The molecule has 0 aromatic heterocycles. The van der Waals surface area contributed by atoms with Gasteiger partial charge in [0.05, 0.1) is 6.54 Å². The zero-order chi connectivity index (χ0) is 13.8. The highest BCUT2D eigenvalue weighted by Gasteiger charge is 2.19. The molecular weight excluding hydrogens is 248 g/mol. The molecule has 1 aliphatic rings. The Morgan fingerprint density at radius 2 is 1.70 bits per heavy atom. The van der Waals surface area contributed by atoms with E-state index in [0.29, 0.717) is 6.67 Å². The van der Waals surface area contributed by atoms with Crippen LogP contribution in [0.2, 0.25) is 0 Å². The molecule has 0 radical (unpaired) electrons. The molecule has 1 heterocycles. The number of rotatable bonds is 3. The van der Waals surface area contributed by atoms with Crippen molar-refractivity contribution in [3.8, 4) is 0 Å². The summed E-state index contributed by atoms with van der Waals surface area (Å²) in [6.07, 6.45) is 1.09.